The maximum Gasteiger partial charge on any atom is 0.406 e. The molecule has 0 saturated heterocycles. The summed E-state index contributed by atoms with van der Waals surface area (Å²) in [6, 6.07) is -0.383. The molecule has 0 amide bonds. The molecule has 0 spiro atoms. The van der Waals surface area contributed by atoms with E-state index in [0.29, 0.717) is 12.8 Å². The molecule has 2 fully saturated rings. The fourth-order valence-corrected chi connectivity index (χ4v) is 2.45. The summed E-state index contributed by atoms with van der Waals surface area (Å²) in [5, 5.41) is 12.4. The Morgan fingerprint density at radius 2 is 1.69 bits per heavy atom. The fraction of sp³-hybridized carbons (Fsp3) is 1.00. The average Bonchev–Trinajstić information content (AvgIpc) is 2.95. The zero-order chi connectivity index (χ0) is 11.8. The van der Waals surface area contributed by atoms with Crippen LogP contribution < -0.4 is 5.32 Å². The Balaban J connectivity index is 1.98. The SMILES string of the molecule is OC1CCCCCC1NC1(C(F)(F)F)CC1. The Morgan fingerprint density at radius 3 is 2.25 bits per heavy atom. The van der Waals surface area contributed by atoms with Crippen molar-refractivity contribution in [2.45, 2.75) is 68.8 Å². The van der Waals surface area contributed by atoms with E-state index < -0.39 is 17.8 Å². The van der Waals surface area contributed by atoms with Gasteiger partial charge in [-0.2, -0.15) is 13.2 Å². The van der Waals surface area contributed by atoms with Gasteiger partial charge in [-0.1, -0.05) is 19.3 Å². The molecule has 16 heavy (non-hydrogen) atoms. The first-order chi connectivity index (χ1) is 7.45. The van der Waals surface area contributed by atoms with Crippen LogP contribution in [0.1, 0.15) is 44.9 Å². The van der Waals surface area contributed by atoms with Crippen LogP contribution in [0.3, 0.4) is 0 Å². The molecule has 0 aliphatic heterocycles. The molecule has 2 unspecified atom stereocenters. The maximum absolute atomic E-state index is 12.7. The third-order valence-corrected chi connectivity index (χ3v) is 3.73. The lowest BCUT2D eigenvalue weighted by molar-refractivity contribution is -0.169. The first-order valence-electron chi connectivity index (χ1n) is 5.97. The molecule has 0 heterocycles. The van der Waals surface area contributed by atoms with E-state index in [4.69, 9.17) is 0 Å². The van der Waals surface area contributed by atoms with Crippen molar-refractivity contribution in [3.8, 4) is 0 Å². The molecule has 2 rings (SSSR count). The largest absolute Gasteiger partial charge is 0.406 e. The molecular formula is C11H18F3NO. The number of nitrogens with one attached hydrogen (secondary N) is 1. The number of aliphatic hydroxyl groups is 1. The van der Waals surface area contributed by atoms with Crippen molar-refractivity contribution in [1.82, 2.24) is 5.32 Å². The highest BCUT2D eigenvalue weighted by Gasteiger charge is 2.64. The first-order valence-corrected chi connectivity index (χ1v) is 5.97. The molecule has 0 aromatic heterocycles. The van der Waals surface area contributed by atoms with Crippen LogP contribution in [-0.4, -0.2) is 29.0 Å². The van der Waals surface area contributed by atoms with E-state index in [9.17, 15) is 18.3 Å². The van der Waals surface area contributed by atoms with Gasteiger partial charge in [0.1, 0.15) is 5.54 Å². The van der Waals surface area contributed by atoms with Gasteiger partial charge in [0.05, 0.1) is 6.10 Å². The normalized spacial score (nSPS) is 34.5. The number of alkyl halides is 3. The van der Waals surface area contributed by atoms with Gasteiger partial charge in [-0.25, -0.2) is 0 Å². The highest BCUT2D eigenvalue weighted by atomic mass is 19.4. The zero-order valence-corrected chi connectivity index (χ0v) is 9.19. The number of aliphatic hydroxyl groups excluding tert-OH is 1. The van der Waals surface area contributed by atoms with E-state index in [-0.39, 0.29) is 18.9 Å². The quantitative estimate of drug-likeness (QED) is 0.723. The van der Waals surface area contributed by atoms with Gasteiger partial charge in [-0.3, -0.25) is 5.32 Å². The van der Waals surface area contributed by atoms with Gasteiger partial charge in [0, 0.05) is 6.04 Å². The van der Waals surface area contributed by atoms with E-state index in [1.807, 2.05) is 0 Å². The molecule has 2 nitrogen and oxygen atoms in total. The van der Waals surface area contributed by atoms with Crippen molar-refractivity contribution in [3.05, 3.63) is 0 Å². The Morgan fingerprint density at radius 1 is 1.06 bits per heavy atom. The van der Waals surface area contributed by atoms with E-state index in [0.717, 1.165) is 19.3 Å². The number of rotatable bonds is 2. The van der Waals surface area contributed by atoms with Crippen molar-refractivity contribution in [2.24, 2.45) is 0 Å². The van der Waals surface area contributed by atoms with Crippen molar-refractivity contribution in [3.63, 3.8) is 0 Å². The van der Waals surface area contributed by atoms with Crippen LogP contribution in [0.4, 0.5) is 13.2 Å². The standard InChI is InChI=1S/C11H18F3NO/c12-11(13,14)10(6-7-10)15-8-4-2-1-3-5-9(8)16/h8-9,15-16H,1-7H2. The van der Waals surface area contributed by atoms with Crippen LogP contribution in [0.15, 0.2) is 0 Å². The molecule has 2 atom stereocenters. The maximum atomic E-state index is 12.7. The number of halogens is 3. The summed E-state index contributed by atoms with van der Waals surface area (Å²) in [5.74, 6) is 0. The Labute approximate surface area is 93.2 Å². The van der Waals surface area contributed by atoms with Crippen LogP contribution in [0.25, 0.3) is 0 Å². The van der Waals surface area contributed by atoms with E-state index in [1.54, 1.807) is 0 Å². The van der Waals surface area contributed by atoms with Gasteiger partial charge in [0.15, 0.2) is 0 Å². The summed E-state index contributed by atoms with van der Waals surface area (Å²) in [7, 11) is 0. The number of hydrogen-bond acceptors (Lipinski definition) is 2. The molecule has 0 radical (unpaired) electrons. The minimum atomic E-state index is -4.18. The summed E-state index contributed by atoms with van der Waals surface area (Å²) in [5.41, 5.74) is -1.69. The van der Waals surface area contributed by atoms with Crippen LogP contribution >= 0.6 is 0 Å². The van der Waals surface area contributed by atoms with Gasteiger partial charge >= 0.3 is 6.18 Å². The second-order valence-corrected chi connectivity index (χ2v) is 5.04. The topological polar surface area (TPSA) is 32.3 Å². The monoisotopic (exact) mass is 237 g/mol. The predicted octanol–water partition coefficient (Wildman–Crippen LogP) is 2.36. The van der Waals surface area contributed by atoms with Gasteiger partial charge in [-0.05, 0) is 25.7 Å². The van der Waals surface area contributed by atoms with Crippen molar-refractivity contribution < 1.29 is 18.3 Å². The summed E-state index contributed by atoms with van der Waals surface area (Å²) >= 11 is 0. The van der Waals surface area contributed by atoms with Gasteiger partial charge in [0.2, 0.25) is 0 Å². The van der Waals surface area contributed by atoms with Gasteiger partial charge in [0.25, 0.3) is 0 Å². The molecule has 2 N–H and O–H groups in total. The smallest absolute Gasteiger partial charge is 0.392 e. The second kappa shape index (κ2) is 4.18. The summed E-state index contributed by atoms with van der Waals surface area (Å²) in [6.45, 7) is 0. The highest BCUT2D eigenvalue weighted by Crippen LogP contribution is 2.49. The molecule has 2 saturated carbocycles. The van der Waals surface area contributed by atoms with Crippen LogP contribution in [0, 0.1) is 0 Å². The molecule has 94 valence electrons. The summed E-state index contributed by atoms with van der Waals surface area (Å²) in [6.07, 6.45) is -0.402. The summed E-state index contributed by atoms with van der Waals surface area (Å²) in [4.78, 5) is 0. The first kappa shape index (κ1) is 12.2. The lowest BCUT2D eigenvalue weighted by Gasteiger charge is -2.29. The Bertz CT molecular complexity index is 250. The zero-order valence-electron chi connectivity index (χ0n) is 9.19. The molecule has 2 aliphatic rings. The summed E-state index contributed by atoms with van der Waals surface area (Å²) < 4.78 is 38.2. The third kappa shape index (κ3) is 2.35. The van der Waals surface area contributed by atoms with Crippen molar-refractivity contribution >= 4 is 0 Å². The van der Waals surface area contributed by atoms with Crippen LogP contribution in [0.2, 0.25) is 0 Å². The second-order valence-electron chi connectivity index (χ2n) is 5.04. The Kier molecular flexibility index (Phi) is 3.18. The lowest BCUT2D eigenvalue weighted by atomic mass is 10.0. The molecule has 0 bridgehead atoms. The van der Waals surface area contributed by atoms with Crippen molar-refractivity contribution in [2.75, 3.05) is 0 Å². The van der Waals surface area contributed by atoms with E-state index in [2.05, 4.69) is 5.32 Å². The predicted molar refractivity (Wildman–Crippen MR) is 54.0 cm³/mol. The Hall–Kier alpha value is -0.290. The fourth-order valence-electron chi connectivity index (χ4n) is 2.45. The molecule has 5 heteroatoms. The van der Waals surface area contributed by atoms with Gasteiger partial charge in [-0.15, -0.1) is 0 Å². The van der Waals surface area contributed by atoms with E-state index >= 15 is 0 Å². The van der Waals surface area contributed by atoms with E-state index in [1.165, 1.54) is 0 Å². The molecule has 0 aromatic rings. The third-order valence-electron chi connectivity index (χ3n) is 3.73. The minimum Gasteiger partial charge on any atom is -0.392 e. The minimum absolute atomic E-state index is 0.153. The molecule has 0 aromatic carbocycles. The van der Waals surface area contributed by atoms with Crippen molar-refractivity contribution in [1.29, 1.82) is 0 Å². The van der Waals surface area contributed by atoms with Crippen LogP contribution in [-0.2, 0) is 0 Å². The van der Waals surface area contributed by atoms with Crippen LogP contribution in [0.5, 0.6) is 0 Å². The highest BCUT2D eigenvalue weighted by molar-refractivity contribution is 5.09. The average molecular weight is 237 g/mol. The van der Waals surface area contributed by atoms with Gasteiger partial charge < -0.3 is 5.11 Å². The lowest BCUT2D eigenvalue weighted by Crippen LogP contribution is -2.53. The molecular weight excluding hydrogens is 219 g/mol. The molecule has 2 aliphatic carbocycles. The number of hydrogen-bond donors (Lipinski definition) is 2.